The molecule has 2 aromatic carbocycles. The largest absolute Gasteiger partial charge is 0.481 e. The van der Waals surface area contributed by atoms with Gasteiger partial charge < -0.3 is 144 Å². The molecule has 0 aliphatic rings. The van der Waals surface area contributed by atoms with Crippen molar-refractivity contribution in [2.24, 2.45) is 58.6 Å². The van der Waals surface area contributed by atoms with Crippen LogP contribution in [-0.2, 0) is 123 Å². The number of aliphatic hydroxyl groups excluding tert-OH is 2. The minimum atomic E-state index is -1.92. The van der Waals surface area contributed by atoms with Crippen LogP contribution in [0.15, 0.2) is 60.7 Å². The summed E-state index contributed by atoms with van der Waals surface area (Å²) in [5.41, 5.74) is 18.0. The highest BCUT2D eigenvalue weighted by molar-refractivity contribution is 7.98. The number of hydrogen-bond acceptors (Lipinski definition) is 28. The Hall–Kier alpha value is -13.6. The maximum Gasteiger partial charge on any atom is 0.326 e. The lowest BCUT2D eigenvalue weighted by Gasteiger charge is -2.29. The summed E-state index contributed by atoms with van der Waals surface area (Å²) >= 11 is 1.24. The Bertz CT molecular complexity index is 4850. The lowest BCUT2D eigenvalue weighted by molar-refractivity contribution is -0.142. The smallest absolute Gasteiger partial charge is 0.326 e. The highest BCUT2D eigenvalue weighted by Gasteiger charge is 2.42. The molecule has 0 fully saturated rings. The fraction of sp³-hybridized carbons (Fsp3) is 0.646. The molecule has 20 amide bonds. The number of primary amides is 1. The second-order valence-electron chi connectivity index (χ2n) is 39.4. The zero-order valence-electron chi connectivity index (χ0n) is 88.7. The van der Waals surface area contributed by atoms with Gasteiger partial charge in [-0.1, -0.05) is 164 Å². The number of carboxylic acids is 3. The van der Waals surface area contributed by atoms with E-state index >= 15 is 0 Å². The van der Waals surface area contributed by atoms with Gasteiger partial charge in [-0.05, 0) is 150 Å². The first-order valence-electron chi connectivity index (χ1n) is 50.3. The molecule has 0 aliphatic carbocycles. The number of aliphatic carboxylic acids is 3. The highest BCUT2D eigenvalue weighted by atomic mass is 32.2. The fourth-order valence-corrected chi connectivity index (χ4v) is 15.4. The quantitative estimate of drug-likeness (QED) is 0.0277. The number of rotatable bonds is 71. The van der Waals surface area contributed by atoms with Crippen LogP contribution in [0.5, 0.6) is 0 Å². The van der Waals surface area contributed by atoms with E-state index in [1.165, 1.54) is 60.2 Å². The van der Waals surface area contributed by atoms with Gasteiger partial charge in [0.2, 0.25) is 118 Å². The third kappa shape index (κ3) is 49.3. The van der Waals surface area contributed by atoms with Crippen LogP contribution in [-0.4, -0.2) is 315 Å². The Labute approximate surface area is 878 Å². The Balaban J connectivity index is 2.40. The van der Waals surface area contributed by atoms with Gasteiger partial charge in [0.15, 0.2) is 0 Å². The van der Waals surface area contributed by atoms with Crippen LogP contribution in [0.4, 0.5) is 0 Å². The summed E-state index contributed by atoms with van der Waals surface area (Å²) in [5.74, 6) is -27.4. The van der Waals surface area contributed by atoms with E-state index in [0.717, 1.165) is 0 Å². The van der Waals surface area contributed by atoms with E-state index in [0.29, 0.717) is 30.4 Å². The van der Waals surface area contributed by atoms with Crippen molar-refractivity contribution in [3.8, 4) is 0 Å². The molecule has 0 radical (unpaired) electrons. The number of carbonyl (C=O) groups is 23. The van der Waals surface area contributed by atoms with Crippen LogP contribution < -0.4 is 118 Å². The van der Waals surface area contributed by atoms with Crippen molar-refractivity contribution in [1.82, 2.24) is 101 Å². The lowest BCUT2D eigenvalue weighted by Crippen LogP contribution is -2.62. The molecule has 20 atom stereocenters. The van der Waals surface area contributed by atoms with Gasteiger partial charge in [0.25, 0.3) is 0 Å². The molecule has 2 rings (SSSR count). The van der Waals surface area contributed by atoms with E-state index in [1.54, 1.807) is 115 Å². The van der Waals surface area contributed by atoms with Crippen LogP contribution in [0.25, 0.3) is 0 Å². The topological polar surface area (TPSA) is 800 Å². The van der Waals surface area contributed by atoms with E-state index in [-0.39, 0.29) is 75.0 Å². The van der Waals surface area contributed by atoms with Gasteiger partial charge in [-0.15, -0.1) is 0 Å². The third-order valence-corrected chi connectivity index (χ3v) is 24.5. The van der Waals surface area contributed by atoms with Gasteiger partial charge in [-0.3, -0.25) is 105 Å². The highest BCUT2D eigenvalue weighted by Crippen LogP contribution is 2.19. The van der Waals surface area contributed by atoms with E-state index < -0.39 is 326 Å². The van der Waals surface area contributed by atoms with E-state index in [2.05, 4.69) is 101 Å². The number of amides is 20. The number of thioether (sulfide) groups is 1. The fourth-order valence-electron chi connectivity index (χ4n) is 14.9. The summed E-state index contributed by atoms with van der Waals surface area (Å²) < 4.78 is 0. The second-order valence-corrected chi connectivity index (χ2v) is 40.4. The molecule has 840 valence electrons. The minimum absolute atomic E-state index is 0.0230. The molecule has 0 heterocycles. The zero-order valence-corrected chi connectivity index (χ0v) is 89.5. The summed E-state index contributed by atoms with van der Waals surface area (Å²) in [4.78, 5) is 315. The number of nitrogens with two attached hydrogens (primary N) is 3. The average molecular weight is 2140 g/mol. The molecule has 0 bridgehead atoms. The average Bonchev–Trinajstić information content (AvgIpc) is 0.844. The molecule has 2 aromatic rings. The summed E-state index contributed by atoms with van der Waals surface area (Å²) in [6.07, 6.45) is -1.15. The Kier molecular flexibility index (Phi) is 60.3. The number of hydrogen-bond donors (Lipinski definition) is 27. The van der Waals surface area contributed by atoms with Crippen molar-refractivity contribution in [2.75, 3.05) is 38.3 Å². The van der Waals surface area contributed by atoms with Gasteiger partial charge in [-0.25, -0.2) is 4.79 Å². The van der Waals surface area contributed by atoms with Gasteiger partial charge >= 0.3 is 17.9 Å². The zero-order chi connectivity index (χ0) is 114. The molecule has 0 unspecified atom stereocenters. The van der Waals surface area contributed by atoms with E-state index in [1.807, 2.05) is 20.8 Å². The molecule has 50 nitrogen and oxygen atoms in total. The van der Waals surface area contributed by atoms with Crippen LogP contribution >= 0.6 is 11.8 Å². The monoisotopic (exact) mass is 2140 g/mol. The predicted octanol–water partition coefficient (Wildman–Crippen LogP) is -4.59. The summed E-state index contributed by atoms with van der Waals surface area (Å²) in [6.45, 7) is 24.1. The molecule has 0 saturated carbocycles. The Morgan fingerprint density at radius 1 is 0.327 bits per heavy atom. The standard InChI is InChI=1S/C99H160N22O28S/c1-19-55(14)77(102)95(144)114-65(40-49(2)3)88(137)105-58(17)83(132)119-78(52(8)9)97(146)116-69(44-60-30-24-21-25-31-60)92(141)118-72(48-123)94(143)109-62(34-36-76(128)129)87(136)121-80(54(12)13)98(147)115-67(42-51(6)7)91(140)117-71(47-122)93(142)106-57(16)82(131)111-66(41-50(4)5)90(139)112-68(43-59-28-22-20-23-29-59)89(138)104-56(15)81(130)108-61(33-35-75(126)127)86(135)120-79(53(10)11)96(145)110-63(37-39-150-18)85(134)113-70(45-73(101)124)84(133)103-46-74(125)107-64(99(148)149)32-26-27-38-100/h20-25,28-31,49-58,61-72,77-80,122-123H,19,26-27,32-48,100,102H2,1-18H3,(H2,101,124)(H,103,133)(H,104,138)(H,105,137)(H,106,142)(H,107,125)(H,108,130)(H,109,143)(H,110,145)(H,111,131)(H,112,139)(H,113,134)(H,114,144)(H,115,147)(H,116,146)(H,117,140)(H,118,141)(H,119,132)(H,120,135)(H,121,136)(H,126,127)(H,128,129)(H,148,149)/t55-,56-,57-,58-,61-,62-,63-,64-,65-,66-,67-,68-,69-,70-,71-,72-,77-,78-,79-,80-/m0/s1. The first-order valence-corrected chi connectivity index (χ1v) is 51.7. The van der Waals surface area contributed by atoms with Gasteiger partial charge in [0, 0.05) is 25.7 Å². The number of carbonyl (C=O) groups excluding carboxylic acids is 20. The van der Waals surface area contributed by atoms with Gasteiger partial charge in [0.1, 0.15) is 109 Å². The van der Waals surface area contributed by atoms with Crippen molar-refractivity contribution in [1.29, 1.82) is 0 Å². The molecule has 0 aliphatic heterocycles. The van der Waals surface area contributed by atoms with Crippen LogP contribution in [0, 0.1) is 41.4 Å². The summed E-state index contributed by atoms with van der Waals surface area (Å²) in [7, 11) is 0. The normalized spacial score (nSPS) is 15.3. The maximum atomic E-state index is 14.6. The molecule has 0 spiro atoms. The molecular formula is C99H160N22O28S. The second kappa shape index (κ2) is 68.2. The summed E-state index contributed by atoms with van der Waals surface area (Å²) in [6, 6.07) is -12.6. The number of unbranched alkanes of at least 4 members (excludes halogenated alkanes) is 1. The molecular weight excluding hydrogens is 1980 g/mol. The van der Waals surface area contributed by atoms with Crippen LogP contribution in [0.2, 0.25) is 0 Å². The van der Waals surface area contributed by atoms with Crippen molar-refractivity contribution < 1.29 is 136 Å². The van der Waals surface area contributed by atoms with Crippen molar-refractivity contribution in [3.05, 3.63) is 71.8 Å². The molecule has 51 heteroatoms. The molecule has 30 N–H and O–H groups in total. The van der Waals surface area contributed by atoms with Crippen molar-refractivity contribution >= 4 is 148 Å². The van der Waals surface area contributed by atoms with Gasteiger partial charge in [-0.2, -0.15) is 11.8 Å². The first-order chi connectivity index (χ1) is 70.3. The number of benzene rings is 2. The number of carboxylic acid groups (broad SMARTS) is 3. The summed E-state index contributed by atoms with van der Waals surface area (Å²) in [5, 5.41) is 97.4. The maximum absolute atomic E-state index is 14.6. The van der Waals surface area contributed by atoms with E-state index in [4.69, 9.17) is 17.2 Å². The number of nitrogens with one attached hydrogen (secondary N) is 19. The van der Waals surface area contributed by atoms with Crippen molar-refractivity contribution in [2.45, 2.75) is 329 Å². The van der Waals surface area contributed by atoms with Crippen LogP contribution in [0.3, 0.4) is 0 Å². The lowest BCUT2D eigenvalue weighted by atomic mass is 9.97. The minimum Gasteiger partial charge on any atom is -0.481 e. The Morgan fingerprint density at radius 2 is 0.627 bits per heavy atom. The number of aliphatic hydroxyl groups is 2. The van der Waals surface area contributed by atoms with E-state index in [9.17, 15) is 136 Å². The van der Waals surface area contributed by atoms with Gasteiger partial charge in [0.05, 0.1) is 32.2 Å². The van der Waals surface area contributed by atoms with Crippen LogP contribution in [0.1, 0.15) is 212 Å². The molecule has 0 saturated heterocycles. The van der Waals surface area contributed by atoms with Crippen molar-refractivity contribution in [3.63, 3.8) is 0 Å². The predicted molar refractivity (Wildman–Crippen MR) is 551 cm³/mol. The third-order valence-electron chi connectivity index (χ3n) is 23.9. The molecule has 0 aromatic heterocycles. The SMILES string of the molecule is CC[C@H](C)[C@H](N)C(=O)N[C@@H](CC(C)C)C(=O)N[C@@H](C)C(=O)N[C@H](C(=O)N[C@@H](Cc1ccccc1)C(=O)N[C@@H](CO)C(=O)N[C@@H](CCC(=O)O)C(=O)N[C@H](C(=O)N[C@@H](CC(C)C)C(=O)N[C@@H](CO)C(=O)N[C@@H](C)C(=O)N[C@@H](CC(C)C)C(=O)N[C@@H](Cc1ccccc1)C(=O)N[C@@H](C)C(=O)N[C@@H](CCC(=O)O)C(=O)N[C@H](C(=O)N[C@@H](CCSC)C(=O)N[C@@H](CC(N)=O)C(=O)NCC(=O)N[C@@H](CCCCN)C(=O)O)C(C)C)C(C)C)C(C)C. The Morgan fingerprint density at radius 3 is 0.993 bits per heavy atom. The first kappa shape index (κ1) is 132. The molecule has 150 heavy (non-hydrogen) atoms.